The smallest absolute Gasteiger partial charge is 0.259 e. The Morgan fingerprint density at radius 1 is 1.22 bits per heavy atom. The van der Waals surface area contributed by atoms with Crippen molar-refractivity contribution in [3.63, 3.8) is 0 Å². The maximum atomic E-state index is 12.7. The van der Waals surface area contributed by atoms with Crippen LogP contribution in [0.3, 0.4) is 0 Å². The molecule has 1 fully saturated rings. The fraction of sp³-hybridized carbons (Fsp3) is 0.542. The molecule has 5 rings (SSSR count). The first-order chi connectivity index (χ1) is 15.7. The van der Waals surface area contributed by atoms with Gasteiger partial charge in [0, 0.05) is 24.3 Å². The summed E-state index contributed by atoms with van der Waals surface area (Å²) in [7, 11) is 0. The van der Waals surface area contributed by atoms with E-state index < -0.39 is 0 Å². The molecule has 2 aliphatic rings. The summed E-state index contributed by atoms with van der Waals surface area (Å²) in [6.07, 6.45) is 10.4. The highest BCUT2D eigenvalue weighted by atomic mass is 32.1. The number of furan rings is 1. The Kier molecular flexibility index (Phi) is 6.41. The fourth-order valence-electron chi connectivity index (χ4n) is 4.98. The Balaban J connectivity index is 1.21. The van der Waals surface area contributed by atoms with Crippen molar-refractivity contribution in [2.24, 2.45) is 0 Å². The van der Waals surface area contributed by atoms with Crippen LogP contribution in [0.5, 0.6) is 0 Å². The largest absolute Gasteiger partial charge is 0.468 e. The number of aromatic nitrogens is 2. The van der Waals surface area contributed by atoms with Gasteiger partial charge < -0.3 is 14.7 Å². The number of thiophene rings is 1. The molecule has 0 bridgehead atoms. The van der Waals surface area contributed by atoms with Crippen LogP contribution in [-0.4, -0.2) is 40.4 Å². The van der Waals surface area contributed by atoms with Crippen molar-refractivity contribution in [2.75, 3.05) is 19.6 Å². The van der Waals surface area contributed by atoms with E-state index in [4.69, 9.17) is 4.42 Å². The molecule has 4 heterocycles. The summed E-state index contributed by atoms with van der Waals surface area (Å²) in [5.41, 5.74) is 1.13. The molecule has 3 aromatic heterocycles. The van der Waals surface area contributed by atoms with Gasteiger partial charge in [-0.2, -0.15) is 0 Å². The Morgan fingerprint density at radius 2 is 2.06 bits per heavy atom. The van der Waals surface area contributed by atoms with Crippen molar-refractivity contribution < 1.29 is 9.21 Å². The molecule has 1 amide bonds. The lowest BCUT2D eigenvalue weighted by molar-refractivity contribution is -0.121. The molecule has 1 aliphatic heterocycles. The highest BCUT2D eigenvalue weighted by Crippen LogP contribution is 2.33. The first-order valence-electron chi connectivity index (χ1n) is 11.8. The second-order valence-electron chi connectivity index (χ2n) is 8.84. The third kappa shape index (κ3) is 4.52. The van der Waals surface area contributed by atoms with Crippen LogP contribution < -0.4 is 10.9 Å². The summed E-state index contributed by atoms with van der Waals surface area (Å²) in [5.74, 6) is 1.45. The predicted octanol–water partition coefficient (Wildman–Crippen LogP) is 3.73. The summed E-state index contributed by atoms with van der Waals surface area (Å²) >= 11 is 1.64. The molecule has 0 radical (unpaired) electrons. The zero-order valence-corrected chi connectivity index (χ0v) is 19.1. The Labute approximate surface area is 191 Å². The first-order valence-corrected chi connectivity index (χ1v) is 12.6. The molecule has 32 heavy (non-hydrogen) atoms. The standard InChI is InChI=1S/C24H30N4O3S/c29-21(25-15-17(18-8-6-14-31-18)28-12-4-1-5-13-28)11-10-20-26-23(30)22-16-7-2-3-9-19(16)32-24(22)27-20/h6,8,14,17H,1-5,7,9-13,15H2,(H,25,29)(H,26,27,30). The summed E-state index contributed by atoms with van der Waals surface area (Å²) in [6.45, 7) is 2.57. The molecule has 1 aliphatic carbocycles. The van der Waals surface area contributed by atoms with Crippen LogP contribution >= 0.6 is 11.3 Å². The minimum Gasteiger partial charge on any atom is -0.468 e. The van der Waals surface area contributed by atoms with Crippen molar-refractivity contribution in [1.29, 1.82) is 0 Å². The lowest BCUT2D eigenvalue weighted by Crippen LogP contribution is -2.40. The lowest BCUT2D eigenvalue weighted by atomic mass is 9.97. The van der Waals surface area contributed by atoms with Gasteiger partial charge in [-0.15, -0.1) is 11.3 Å². The van der Waals surface area contributed by atoms with Crippen LogP contribution in [0.1, 0.15) is 66.6 Å². The van der Waals surface area contributed by atoms with Crippen LogP contribution in [0.25, 0.3) is 10.2 Å². The quantitative estimate of drug-likeness (QED) is 0.568. The average molecular weight is 455 g/mol. The van der Waals surface area contributed by atoms with E-state index in [1.54, 1.807) is 17.6 Å². The monoisotopic (exact) mass is 454 g/mol. The number of rotatable bonds is 7. The number of aromatic amines is 1. The van der Waals surface area contributed by atoms with Gasteiger partial charge >= 0.3 is 0 Å². The fourth-order valence-corrected chi connectivity index (χ4v) is 6.26. The summed E-state index contributed by atoms with van der Waals surface area (Å²) in [5, 5.41) is 3.84. The van der Waals surface area contributed by atoms with Crippen molar-refractivity contribution in [3.8, 4) is 0 Å². The van der Waals surface area contributed by atoms with Gasteiger partial charge in [0.2, 0.25) is 5.91 Å². The van der Waals surface area contributed by atoms with Gasteiger partial charge in [0.25, 0.3) is 5.56 Å². The molecule has 3 aromatic rings. The molecule has 1 saturated heterocycles. The van der Waals surface area contributed by atoms with E-state index >= 15 is 0 Å². The highest BCUT2D eigenvalue weighted by molar-refractivity contribution is 7.18. The number of nitrogens with one attached hydrogen (secondary N) is 2. The van der Waals surface area contributed by atoms with Gasteiger partial charge in [-0.3, -0.25) is 14.5 Å². The van der Waals surface area contributed by atoms with E-state index in [0.717, 1.165) is 48.3 Å². The number of piperidine rings is 1. The first kappa shape index (κ1) is 21.4. The van der Waals surface area contributed by atoms with E-state index in [1.165, 1.54) is 36.1 Å². The second kappa shape index (κ2) is 9.58. The normalized spacial score (nSPS) is 17.9. The maximum Gasteiger partial charge on any atom is 0.259 e. The van der Waals surface area contributed by atoms with Crippen LogP contribution in [-0.2, 0) is 24.1 Å². The van der Waals surface area contributed by atoms with Gasteiger partial charge in [0.1, 0.15) is 16.4 Å². The maximum absolute atomic E-state index is 12.7. The molecule has 8 heteroatoms. The van der Waals surface area contributed by atoms with Gasteiger partial charge in [0.05, 0.1) is 17.7 Å². The molecule has 0 aromatic carbocycles. The van der Waals surface area contributed by atoms with Gasteiger partial charge in [0.15, 0.2) is 0 Å². The highest BCUT2D eigenvalue weighted by Gasteiger charge is 2.25. The van der Waals surface area contributed by atoms with Gasteiger partial charge in [-0.25, -0.2) is 4.98 Å². The minimum atomic E-state index is -0.0622. The molecule has 7 nitrogen and oxygen atoms in total. The number of hydrogen-bond donors (Lipinski definition) is 2. The number of hydrogen-bond acceptors (Lipinski definition) is 6. The molecule has 2 N–H and O–H groups in total. The molecule has 0 spiro atoms. The lowest BCUT2D eigenvalue weighted by Gasteiger charge is -2.33. The summed E-state index contributed by atoms with van der Waals surface area (Å²) in [4.78, 5) is 37.4. The predicted molar refractivity (Wildman–Crippen MR) is 125 cm³/mol. The topological polar surface area (TPSA) is 91.2 Å². The molecule has 1 atom stereocenters. The van der Waals surface area contributed by atoms with E-state index in [2.05, 4.69) is 20.2 Å². The van der Waals surface area contributed by atoms with E-state index in [1.807, 2.05) is 12.1 Å². The number of amides is 1. The molecular formula is C24H30N4O3S. The van der Waals surface area contributed by atoms with Crippen LogP contribution in [0, 0.1) is 0 Å². The summed E-state index contributed by atoms with van der Waals surface area (Å²) < 4.78 is 5.66. The summed E-state index contributed by atoms with van der Waals surface area (Å²) in [6, 6.07) is 3.94. The van der Waals surface area contributed by atoms with Crippen LogP contribution in [0.4, 0.5) is 0 Å². The Bertz CT molecular complexity index is 1130. The number of fused-ring (bicyclic) bond motifs is 3. The number of carbonyl (C=O) groups is 1. The number of likely N-dealkylation sites (tertiary alicyclic amines) is 1. The molecule has 170 valence electrons. The van der Waals surface area contributed by atoms with Crippen molar-refractivity contribution in [3.05, 3.63) is 50.8 Å². The van der Waals surface area contributed by atoms with E-state index in [9.17, 15) is 9.59 Å². The van der Waals surface area contributed by atoms with Gasteiger partial charge in [-0.05, 0) is 69.3 Å². The zero-order valence-electron chi connectivity index (χ0n) is 18.3. The Morgan fingerprint density at radius 3 is 2.88 bits per heavy atom. The molecular weight excluding hydrogens is 424 g/mol. The second-order valence-corrected chi connectivity index (χ2v) is 9.92. The Hall–Kier alpha value is -2.45. The van der Waals surface area contributed by atoms with E-state index in [0.29, 0.717) is 25.2 Å². The third-order valence-electron chi connectivity index (χ3n) is 6.66. The molecule has 1 unspecified atom stereocenters. The minimum absolute atomic E-state index is 0.0354. The van der Waals surface area contributed by atoms with Crippen molar-refractivity contribution in [1.82, 2.24) is 20.2 Å². The van der Waals surface area contributed by atoms with Gasteiger partial charge in [-0.1, -0.05) is 6.42 Å². The zero-order chi connectivity index (χ0) is 21.9. The van der Waals surface area contributed by atoms with Crippen LogP contribution in [0.15, 0.2) is 27.6 Å². The van der Waals surface area contributed by atoms with Crippen molar-refractivity contribution in [2.45, 2.75) is 63.8 Å². The van der Waals surface area contributed by atoms with Crippen LogP contribution in [0.2, 0.25) is 0 Å². The van der Waals surface area contributed by atoms with E-state index in [-0.39, 0.29) is 17.5 Å². The van der Waals surface area contributed by atoms with Crippen molar-refractivity contribution >= 4 is 27.5 Å². The average Bonchev–Trinajstić information content (AvgIpc) is 3.46. The SMILES string of the molecule is O=C(CCc1nc2sc3c(c2c(=O)[nH]1)CCCC3)NCC(c1ccco1)N1CCCCC1. The third-order valence-corrected chi connectivity index (χ3v) is 7.84. The number of carbonyl (C=O) groups excluding carboxylic acids is 1. The number of aryl methyl sites for hydroxylation is 3. The number of H-pyrrole nitrogens is 1. The molecule has 0 saturated carbocycles. The number of nitrogens with zero attached hydrogens (tertiary/aromatic N) is 2.